The maximum Gasteiger partial charge on any atom is 0.295 e. The zero-order valence-corrected chi connectivity index (χ0v) is 15.3. The summed E-state index contributed by atoms with van der Waals surface area (Å²) in [5.41, 5.74) is 1.03. The molecular weight excluding hydrogens is 352 g/mol. The third-order valence-electron chi connectivity index (χ3n) is 4.19. The van der Waals surface area contributed by atoms with E-state index in [2.05, 4.69) is 4.98 Å². The molecule has 1 atom stereocenters. The van der Waals surface area contributed by atoms with Crippen molar-refractivity contribution in [2.75, 3.05) is 6.54 Å². The Morgan fingerprint density at radius 3 is 2.46 bits per heavy atom. The minimum absolute atomic E-state index is 0.0525. The highest BCUT2D eigenvalue weighted by molar-refractivity contribution is 6.46. The molecule has 134 valence electrons. The highest BCUT2D eigenvalue weighted by atomic mass is 35.5. The molecule has 1 N–H and O–H groups in total. The third-order valence-corrected chi connectivity index (χ3v) is 4.44. The third kappa shape index (κ3) is 3.35. The lowest BCUT2D eigenvalue weighted by Gasteiger charge is -2.26. The Morgan fingerprint density at radius 2 is 1.88 bits per heavy atom. The average Bonchev–Trinajstić information content (AvgIpc) is 2.87. The van der Waals surface area contributed by atoms with Gasteiger partial charge in [0.15, 0.2) is 0 Å². The van der Waals surface area contributed by atoms with Crippen molar-refractivity contribution in [1.82, 2.24) is 9.88 Å². The van der Waals surface area contributed by atoms with Crippen molar-refractivity contribution in [2.24, 2.45) is 5.92 Å². The molecule has 3 rings (SSSR count). The number of carbonyl (C=O) groups excluding carboxylic acids is 2. The van der Waals surface area contributed by atoms with Crippen molar-refractivity contribution >= 4 is 29.1 Å². The lowest BCUT2D eigenvalue weighted by molar-refractivity contribution is -0.140. The summed E-state index contributed by atoms with van der Waals surface area (Å²) in [4.78, 5) is 31.1. The summed E-state index contributed by atoms with van der Waals surface area (Å²) in [5, 5.41) is 11.3. The Hall–Kier alpha value is -2.66. The average molecular weight is 371 g/mol. The number of halogens is 1. The summed E-state index contributed by atoms with van der Waals surface area (Å²) in [5.74, 6) is -1.38. The molecule has 0 aliphatic carbocycles. The van der Waals surface area contributed by atoms with Crippen LogP contribution < -0.4 is 0 Å². The number of aliphatic hydroxyl groups is 1. The lowest BCUT2D eigenvalue weighted by atomic mass is 9.98. The molecular formula is C20H19ClN2O3. The van der Waals surface area contributed by atoms with Gasteiger partial charge in [0.2, 0.25) is 0 Å². The van der Waals surface area contributed by atoms with Gasteiger partial charge in [0.25, 0.3) is 11.7 Å². The van der Waals surface area contributed by atoms with E-state index < -0.39 is 17.7 Å². The fourth-order valence-electron chi connectivity index (χ4n) is 3.07. The van der Waals surface area contributed by atoms with E-state index in [0.717, 1.165) is 0 Å². The number of aromatic nitrogens is 1. The van der Waals surface area contributed by atoms with E-state index in [1.165, 1.54) is 4.90 Å². The Morgan fingerprint density at radius 1 is 1.19 bits per heavy atom. The SMILES string of the molecule is CC(C)CN1C(=O)C(=O)/C(=C(/O)c2ccc(Cl)cc2)C1c1ccccn1. The van der Waals surface area contributed by atoms with E-state index >= 15 is 0 Å². The van der Waals surface area contributed by atoms with Crippen LogP contribution in [-0.2, 0) is 9.59 Å². The number of ketones is 1. The molecule has 0 bridgehead atoms. The molecule has 0 radical (unpaired) electrons. The molecule has 6 heteroatoms. The number of amides is 1. The molecule has 1 aliphatic heterocycles. The van der Waals surface area contributed by atoms with Crippen molar-refractivity contribution in [2.45, 2.75) is 19.9 Å². The molecule has 1 aliphatic rings. The van der Waals surface area contributed by atoms with Gasteiger partial charge in [-0.1, -0.05) is 31.5 Å². The maximum absolute atomic E-state index is 12.7. The highest BCUT2D eigenvalue weighted by Crippen LogP contribution is 2.38. The zero-order chi connectivity index (χ0) is 18.8. The topological polar surface area (TPSA) is 70.5 Å². The van der Waals surface area contributed by atoms with Gasteiger partial charge in [-0.2, -0.15) is 0 Å². The number of hydrogen-bond acceptors (Lipinski definition) is 4. The first-order chi connectivity index (χ1) is 12.4. The number of hydrogen-bond donors (Lipinski definition) is 1. The van der Waals surface area contributed by atoms with E-state index in [-0.39, 0.29) is 17.3 Å². The maximum atomic E-state index is 12.7. The standard InChI is InChI=1S/C20H19ClN2O3/c1-12(2)11-23-17(15-5-3-4-10-22-15)16(19(25)20(23)26)18(24)13-6-8-14(21)9-7-13/h3-10,12,17,24H,11H2,1-2H3/b18-16+. The predicted molar refractivity (Wildman–Crippen MR) is 99.5 cm³/mol. The van der Waals surface area contributed by atoms with Gasteiger partial charge in [-0.3, -0.25) is 14.6 Å². The minimum atomic E-state index is -0.714. The molecule has 1 unspecified atom stereocenters. The van der Waals surface area contributed by atoms with Crippen LogP contribution in [0.2, 0.25) is 5.02 Å². The number of rotatable bonds is 4. The molecule has 1 fully saturated rings. The number of aliphatic hydroxyl groups excluding tert-OH is 1. The molecule has 0 saturated carbocycles. The van der Waals surface area contributed by atoms with E-state index in [4.69, 9.17) is 11.6 Å². The lowest BCUT2D eigenvalue weighted by Crippen LogP contribution is -2.33. The molecule has 1 saturated heterocycles. The molecule has 1 aromatic carbocycles. The minimum Gasteiger partial charge on any atom is -0.507 e. The Labute approximate surface area is 156 Å². The second-order valence-corrected chi connectivity index (χ2v) is 7.04. The van der Waals surface area contributed by atoms with Gasteiger partial charge in [-0.15, -0.1) is 0 Å². The van der Waals surface area contributed by atoms with Crippen LogP contribution in [0.5, 0.6) is 0 Å². The summed E-state index contributed by atoms with van der Waals surface area (Å²) in [6.07, 6.45) is 1.60. The number of nitrogens with zero attached hydrogens (tertiary/aromatic N) is 2. The second kappa shape index (κ2) is 7.30. The van der Waals surface area contributed by atoms with Crippen LogP contribution >= 0.6 is 11.6 Å². The van der Waals surface area contributed by atoms with Crippen LogP contribution in [-0.4, -0.2) is 33.2 Å². The van der Waals surface area contributed by atoms with Crippen molar-refractivity contribution in [3.63, 3.8) is 0 Å². The molecule has 5 nitrogen and oxygen atoms in total. The van der Waals surface area contributed by atoms with Crippen molar-refractivity contribution in [3.05, 3.63) is 70.5 Å². The van der Waals surface area contributed by atoms with Gasteiger partial charge >= 0.3 is 0 Å². The number of pyridine rings is 1. The van der Waals surface area contributed by atoms with Crippen molar-refractivity contribution in [1.29, 1.82) is 0 Å². The number of likely N-dealkylation sites (tertiary alicyclic amines) is 1. The Kier molecular flexibility index (Phi) is 5.09. The van der Waals surface area contributed by atoms with Gasteiger partial charge < -0.3 is 10.0 Å². The smallest absolute Gasteiger partial charge is 0.295 e. The fourth-order valence-corrected chi connectivity index (χ4v) is 3.20. The Balaban J connectivity index is 2.17. The van der Waals surface area contributed by atoms with E-state index in [9.17, 15) is 14.7 Å². The molecule has 0 spiro atoms. The van der Waals surface area contributed by atoms with E-state index in [1.807, 2.05) is 13.8 Å². The molecule has 2 heterocycles. The van der Waals surface area contributed by atoms with Gasteiger partial charge in [-0.25, -0.2) is 0 Å². The summed E-state index contributed by atoms with van der Waals surface area (Å²) in [7, 11) is 0. The normalized spacial score (nSPS) is 19.4. The van der Waals surface area contributed by atoms with Crippen LogP contribution in [0.3, 0.4) is 0 Å². The highest BCUT2D eigenvalue weighted by Gasteiger charge is 2.46. The van der Waals surface area contributed by atoms with Crippen molar-refractivity contribution < 1.29 is 14.7 Å². The quantitative estimate of drug-likeness (QED) is 0.504. The van der Waals surface area contributed by atoms with Crippen LogP contribution in [0.25, 0.3) is 5.76 Å². The first kappa shape index (κ1) is 18.1. The number of benzene rings is 1. The largest absolute Gasteiger partial charge is 0.507 e. The molecule has 26 heavy (non-hydrogen) atoms. The first-order valence-corrected chi connectivity index (χ1v) is 8.73. The second-order valence-electron chi connectivity index (χ2n) is 6.61. The predicted octanol–water partition coefficient (Wildman–Crippen LogP) is 3.81. The number of carbonyl (C=O) groups is 2. The van der Waals surface area contributed by atoms with E-state index in [0.29, 0.717) is 22.8 Å². The summed E-state index contributed by atoms with van der Waals surface area (Å²) < 4.78 is 0. The van der Waals surface area contributed by atoms with Crippen LogP contribution in [0, 0.1) is 5.92 Å². The fraction of sp³-hybridized carbons (Fsp3) is 0.250. The van der Waals surface area contributed by atoms with Crippen LogP contribution in [0.15, 0.2) is 54.2 Å². The Bertz CT molecular complexity index is 860. The first-order valence-electron chi connectivity index (χ1n) is 8.35. The van der Waals surface area contributed by atoms with Crippen LogP contribution in [0.1, 0.15) is 31.1 Å². The van der Waals surface area contributed by atoms with Gasteiger partial charge in [0.05, 0.1) is 11.3 Å². The van der Waals surface area contributed by atoms with Crippen LogP contribution in [0.4, 0.5) is 0 Å². The molecule has 1 amide bonds. The zero-order valence-electron chi connectivity index (χ0n) is 14.5. The monoisotopic (exact) mass is 370 g/mol. The summed E-state index contributed by atoms with van der Waals surface area (Å²) in [6, 6.07) is 11.1. The summed E-state index contributed by atoms with van der Waals surface area (Å²) >= 11 is 5.90. The van der Waals surface area contributed by atoms with Crippen molar-refractivity contribution in [3.8, 4) is 0 Å². The molecule has 1 aromatic heterocycles. The van der Waals surface area contributed by atoms with E-state index in [1.54, 1.807) is 48.7 Å². The van der Waals surface area contributed by atoms with Gasteiger partial charge in [-0.05, 0) is 42.3 Å². The van der Waals surface area contributed by atoms with Gasteiger partial charge in [0, 0.05) is 23.3 Å². The molecule has 2 aromatic rings. The summed E-state index contributed by atoms with van der Waals surface area (Å²) in [6.45, 7) is 4.32. The van der Waals surface area contributed by atoms with Gasteiger partial charge in [0.1, 0.15) is 11.8 Å². The number of Topliss-reactive ketones (excluding diaryl/α,β-unsaturated/α-hetero) is 1.